The van der Waals surface area contributed by atoms with Gasteiger partial charge in [-0.15, -0.1) is 5.11 Å². The third-order valence-corrected chi connectivity index (χ3v) is 4.82. The Morgan fingerprint density at radius 3 is 2.52 bits per heavy atom. The smallest absolute Gasteiger partial charge is 0.417 e. The first-order valence-corrected chi connectivity index (χ1v) is 9.09. The molecule has 3 rings (SSSR count). The third kappa shape index (κ3) is 4.56. The molecule has 150 valence electrons. The Balaban J connectivity index is 1.88. The fourth-order valence-corrected chi connectivity index (χ4v) is 3.10. The summed E-state index contributed by atoms with van der Waals surface area (Å²) in [6.45, 7) is 0. The number of nitrogens with zero attached hydrogens (tertiary/aromatic N) is 2. The molecule has 0 bridgehead atoms. The molecule has 1 unspecified atom stereocenters. The highest BCUT2D eigenvalue weighted by Crippen LogP contribution is 2.40. The summed E-state index contributed by atoms with van der Waals surface area (Å²) in [6.07, 6.45) is 1.43. The van der Waals surface area contributed by atoms with E-state index in [9.17, 15) is 13.2 Å². The van der Waals surface area contributed by atoms with E-state index in [1.807, 2.05) is 0 Å². The minimum Gasteiger partial charge on any atom is -0.497 e. The van der Waals surface area contributed by atoms with Gasteiger partial charge in [0.1, 0.15) is 5.75 Å². The molecular formula is C20H15BrF3N3O2. The van der Waals surface area contributed by atoms with E-state index in [1.54, 1.807) is 31.4 Å². The molecule has 0 saturated heterocycles. The number of nitrogens with one attached hydrogen (secondary N) is 1. The maximum Gasteiger partial charge on any atom is 0.417 e. The van der Waals surface area contributed by atoms with Gasteiger partial charge in [0.05, 0.1) is 12.7 Å². The lowest BCUT2D eigenvalue weighted by Crippen LogP contribution is -2.26. The molecule has 1 N–H and O–H groups in total. The largest absolute Gasteiger partial charge is 0.497 e. The van der Waals surface area contributed by atoms with Gasteiger partial charge in [-0.1, -0.05) is 28.1 Å². The van der Waals surface area contributed by atoms with Crippen LogP contribution in [0.4, 0.5) is 13.2 Å². The molecule has 0 fully saturated rings. The van der Waals surface area contributed by atoms with Crippen LogP contribution in [0.3, 0.4) is 0 Å². The number of alkyl halides is 3. The molecule has 2 aromatic carbocycles. The van der Waals surface area contributed by atoms with E-state index in [-0.39, 0.29) is 15.9 Å². The van der Waals surface area contributed by atoms with Gasteiger partial charge in [0, 0.05) is 22.3 Å². The minimum atomic E-state index is -4.57. The maximum absolute atomic E-state index is 13.3. The number of benzene rings is 2. The van der Waals surface area contributed by atoms with Crippen molar-refractivity contribution in [1.82, 2.24) is 0 Å². The number of methoxy groups -OCH3 is 1. The summed E-state index contributed by atoms with van der Waals surface area (Å²) in [4.78, 5) is 4.21. The van der Waals surface area contributed by atoms with Crippen LogP contribution in [0, 0.1) is 5.53 Å². The Morgan fingerprint density at radius 1 is 1.17 bits per heavy atom. The van der Waals surface area contributed by atoms with E-state index in [1.165, 1.54) is 36.6 Å². The predicted molar refractivity (Wildman–Crippen MR) is 105 cm³/mol. The van der Waals surface area contributed by atoms with E-state index in [0.29, 0.717) is 5.75 Å². The second-order valence-corrected chi connectivity index (χ2v) is 6.85. The molecule has 1 atom stereocenters. The van der Waals surface area contributed by atoms with Crippen molar-refractivity contribution in [2.24, 2.45) is 10.1 Å². The summed E-state index contributed by atoms with van der Waals surface area (Å²) in [6, 6.07) is 10.7. The number of hydrogen-bond acceptors (Lipinski definition) is 5. The van der Waals surface area contributed by atoms with Gasteiger partial charge in [0.25, 0.3) is 5.72 Å². The van der Waals surface area contributed by atoms with Crippen LogP contribution in [-0.4, -0.2) is 13.3 Å². The SMILES string of the molecule is COc1ccc(C=NC2=CC=CC(N=N)(c3ccc(Br)c(C(F)(F)F)c3)O2)cc1. The second kappa shape index (κ2) is 8.20. The van der Waals surface area contributed by atoms with Gasteiger partial charge in [-0.3, -0.25) is 0 Å². The van der Waals surface area contributed by atoms with Crippen LogP contribution in [0.1, 0.15) is 16.7 Å². The molecule has 29 heavy (non-hydrogen) atoms. The molecular weight excluding hydrogens is 451 g/mol. The average molecular weight is 466 g/mol. The molecule has 0 saturated carbocycles. The molecule has 0 radical (unpaired) electrons. The zero-order chi connectivity index (χ0) is 21.1. The van der Waals surface area contributed by atoms with Crippen molar-refractivity contribution in [1.29, 1.82) is 5.53 Å². The molecule has 0 amide bonds. The standard InChI is InChI=1S/C20H15BrF3N3O2/c1-28-15-7-4-13(5-8-15)12-26-18-3-2-10-19(27-25,29-18)14-6-9-17(21)16(11-14)20(22,23)24/h2-12,25H,1H3. The Morgan fingerprint density at radius 2 is 1.90 bits per heavy atom. The summed E-state index contributed by atoms with van der Waals surface area (Å²) in [5.41, 5.74) is 5.77. The van der Waals surface area contributed by atoms with Crippen molar-refractivity contribution in [3.05, 3.63) is 87.7 Å². The Bertz CT molecular complexity index is 1000. The molecule has 9 heteroatoms. The number of hydrogen-bond donors (Lipinski definition) is 1. The molecule has 1 heterocycles. The van der Waals surface area contributed by atoms with Crippen molar-refractivity contribution in [2.45, 2.75) is 11.9 Å². The Hall–Kier alpha value is -2.94. The average Bonchev–Trinajstić information content (AvgIpc) is 2.72. The first-order valence-electron chi connectivity index (χ1n) is 8.30. The molecule has 2 aromatic rings. The van der Waals surface area contributed by atoms with Gasteiger partial charge in [-0.05, 0) is 48.0 Å². The number of rotatable bonds is 5. The number of allylic oxidation sites excluding steroid dienone is 2. The van der Waals surface area contributed by atoms with E-state index in [4.69, 9.17) is 15.0 Å². The van der Waals surface area contributed by atoms with Gasteiger partial charge < -0.3 is 9.47 Å². The fraction of sp³-hybridized carbons (Fsp3) is 0.150. The zero-order valence-electron chi connectivity index (χ0n) is 15.1. The van der Waals surface area contributed by atoms with Crippen molar-refractivity contribution in [3.8, 4) is 5.75 Å². The zero-order valence-corrected chi connectivity index (χ0v) is 16.7. The highest BCUT2D eigenvalue weighted by Gasteiger charge is 2.39. The highest BCUT2D eigenvalue weighted by atomic mass is 79.9. The monoisotopic (exact) mass is 465 g/mol. The van der Waals surface area contributed by atoms with Crippen molar-refractivity contribution in [3.63, 3.8) is 0 Å². The molecule has 1 aliphatic heterocycles. The van der Waals surface area contributed by atoms with Crippen molar-refractivity contribution >= 4 is 22.1 Å². The maximum atomic E-state index is 13.3. The van der Waals surface area contributed by atoms with E-state index in [2.05, 4.69) is 26.0 Å². The van der Waals surface area contributed by atoms with Crippen LogP contribution in [0.2, 0.25) is 0 Å². The highest BCUT2D eigenvalue weighted by molar-refractivity contribution is 9.10. The van der Waals surface area contributed by atoms with Crippen LogP contribution in [0.5, 0.6) is 5.75 Å². The normalized spacial score (nSPS) is 19.0. The number of halogens is 4. The lowest BCUT2D eigenvalue weighted by Gasteiger charge is -2.29. The van der Waals surface area contributed by atoms with Crippen LogP contribution in [0.25, 0.3) is 0 Å². The van der Waals surface area contributed by atoms with Gasteiger partial charge in [0.2, 0.25) is 5.88 Å². The van der Waals surface area contributed by atoms with Crippen LogP contribution < -0.4 is 4.74 Å². The Kier molecular flexibility index (Phi) is 5.88. The first-order chi connectivity index (χ1) is 13.8. The Labute approximate surface area is 173 Å². The summed E-state index contributed by atoms with van der Waals surface area (Å²) in [7, 11) is 1.56. The molecule has 0 aromatic heterocycles. The lowest BCUT2D eigenvalue weighted by atomic mass is 9.99. The van der Waals surface area contributed by atoms with E-state index >= 15 is 0 Å². The number of ether oxygens (including phenoxy) is 2. The number of aliphatic imine (C=N–C) groups is 1. The van der Waals surface area contributed by atoms with E-state index < -0.39 is 17.5 Å². The van der Waals surface area contributed by atoms with Gasteiger partial charge in [-0.25, -0.2) is 10.5 Å². The summed E-state index contributed by atoms with van der Waals surface area (Å²) >= 11 is 2.90. The minimum absolute atomic E-state index is 0.0597. The quantitative estimate of drug-likeness (QED) is 0.421. The van der Waals surface area contributed by atoms with Crippen LogP contribution in [-0.2, 0) is 16.6 Å². The topological polar surface area (TPSA) is 67.0 Å². The first kappa shape index (κ1) is 20.8. The fourth-order valence-electron chi connectivity index (χ4n) is 2.63. The third-order valence-electron chi connectivity index (χ3n) is 4.13. The van der Waals surface area contributed by atoms with Gasteiger partial charge >= 0.3 is 6.18 Å². The summed E-state index contributed by atoms with van der Waals surface area (Å²) in [5, 5.41) is 3.46. The molecule has 0 aliphatic carbocycles. The van der Waals surface area contributed by atoms with Gasteiger partial charge in [-0.2, -0.15) is 13.2 Å². The van der Waals surface area contributed by atoms with Crippen molar-refractivity contribution in [2.75, 3.05) is 7.11 Å². The lowest BCUT2D eigenvalue weighted by molar-refractivity contribution is -0.138. The second-order valence-electron chi connectivity index (χ2n) is 6.00. The summed E-state index contributed by atoms with van der Waals surface area (Å²) in [5.74, 6) is 0.803. The molecule has 1 aliphatic rings. The van der Waals surface area contributed by atoms with E-state index in [0.717, 1.165) is 11.6 Å². The molecule has 5 nitrogen and oxygen atoms in total. The van der Waals surface area contributed by atoms with Crippen molar-refractivity contribution < 1.29 is 22.6 Å². The van der Waals surface area contributed by atoms with Crippen LogP contribution >= 0.6 is 15.9 Å². The summed E-state index contributed by atoms with van der Waals surface area (Å²) < 4.78 is 50.4. The predicted octanol–water partition coefficient (Wildman–Crippen LogP) is 6.21. The van der Waals surface area contributed by atoms with Crippen LogP contribution in [0.15, 0.2) is 81.2 Å². The van der Waals surface area contributed by atoms with Gasteiger partial charge in [0.15, 0.2) is 0 Å². The molecule has 0 spiro atoms.